The highest BCUT2D eigenvalue weighted by molar-refractivity contribution is 8.00. The van der Waals surface area contributed by atoms with Gasteiger partial charge in [-0.3, -0.25) is 14.3 Å². The summed E-state index contributed by atoms with van der Waals surface area (Å²) >= 11 is 1.38. The van der Waals surface area contributed by atoms with E-state index in [1.807, 2.05) is 71.3 Å². The molecule has 0 saturated heterocycles. The number of amides is 1. The summed E-state index contributed by atoms with van der Waals surface area (Å²) in [6.07, 6.45) is 3.44. The molecule has 7 nitrogen and oxygen atoms in total. The van der Waals surface area contributed by atoms with Crippen LogP contribution in [0.2, 0.25) is 0 Å². The fraction of sp³-hybridized carbons (Fsp3) is 0.167. The molecule has 1 atom stereocenters. The smallest absolute Gasteiger partial charge is 0.240 e. The van der Waals surface area contributed by atoms with Crippen LogP contribution >= 0.6 is 11.8 Å². The maximum Gasteiger partial charge on any atom is 0.240 e. The number of hydrogen-bond donors (Lipinski definition) is 0. The number of carbonyl (C=O) groups is 1. The molecule has 162 valence electrons. The van der Waals surface area contributed by atoms with Crippen molar-refractivity contribution >= 4 is 17.7 Å². The molecule has 4 aromatic rings. The third-order valence-corrected chi connectivity index (χ3v) is 6.08. The van der Waals surface area contributed by atoms with Crippen molar-refractivity contribution < 1.29 is 9.53 Å². The lowest BCUT2D eigenvalue weighted by Gasteiger charge is -2.20. The fourth-order valence-electron chi connectivity index (χ4n) is 3.23. The van der Waals surface area contributed by atoms with E-state index in [0.29, 0.717) is 11.0 Å². The SMILES string of the molecule is COc1ccc(-n2c(SC(C(=O)N(C)C)c3ccccc3)nnc2-c2ccncc2)cc1. The molecule has 0 fully saturated rings. The summed E-state index contributed by atoms with van der Waals surface area (Å²) in [6, 6.07) is 21.2. The summed E-state index contributed by atoms with van der Waals surface area (Å²) < 4.78 is 7.26. The molecule has 2 aromatic heterocycles. The Balaban J connectivity index is 1.82. The van der Waals surface area contributed by atoms with Gasteiger partial charge in [-0.1, -0.05) is 42.1 Å². The molecule has 0 bridgehead atoms. The lowest BCUT2D eigenvalue weighted by molar-refractivity contribution is -0.128. The number of carbonyl (C=O) groups excluding carboxylic acids is 1. The highest BCUT2D eigenvalue weighted by atomic mass is 32.2. The normalized spacial score (nSPS) is 11.7. The molecular formula is C24H23N5O2S. The van der Waals surface area contributed by atoms with Crippen LogP contribution in [0.3, 0.4) is 0 Å². The van der Waals surface area contributed by atoms with Crippen LogP contribution < -0.4 is 4.74 Å². The molecule has 0 spiro atoms. The Bertz CT molecular complexity index is 1180. The predicted octanol–water partition coefficient (Wildman–Crippen LogP) is 4.26. The minimum absolute atomic E-state index is 0.0176. The molecule has 0 aliphatic heterocycles. The first-order valence-corrected chi connectivity index (χ1v) is 10.9. The number of benzene rings is 2. The Morgan fingerprint density at radius 3 is 2.28 bits per heavy atom. The summed E-state index contributed by atoms with van der Waals surface area (Å²) in [6.45, 7) is 0. The van der Waals surface area contributed by atoms with E-state index in [-0.39, 0.29) is 5.91 Å². The van der Waals surface area contributed by atoms with Gasteiger partial charge in [0.25, 0.3) is 0 Å². The van der Waals surface area contributed by atoms with Crippen molar-refractivity contribution in [2.75, 3.05) is 21.2 Å². The van der Waals surface area contributed by atoms with Crippen molar-refractivity contribution in [3.8, 4) is 22.8 Å². The molecule has 32 heavy (non-hydrogen) atoms. The molecule has 8 heteroatoms. The van der Waals surface area contributed by atoms with Crippen molar-refractivity contribution in [1.29, 1.82) is 0 Å². The third-order valence-electron chi connectivity index (χ3n) is 4.89. The van der Waals surface area contributed by atoms with E-state index in [4.69, 9.17) is 4.74 Å². The van der Waals surface area contributed by atoms with Crippen molar-refractivity contribution in [3.63, 3.8) is 0 Å². The minimum atomic E-state index is -0.460. The summed E-state index contributed by atoms with van der Waals surface area (Å²) in [4.78, 5) is 18.8. The van der Waals surface area contributed by atoms with Crippen LogP contribution in [0.15, 0.2) is 84.3 Å². The van der Waals surface area contributed by atoms with Crippen molar-refractivity contribution in [1.82, 2.24) is 24.6 Å². The molecule has 1 unspecified atom stereocenters. The van der Waals surface area contributed by atoms with Gasteiger partial charge in [0.05, 0.1) is 7.11 Å². The zero-order chi connectivity index (χ0) is 22.5. The number of thioether (sulfide) groups is 1. The van der Waals surface area contributed by atoms with E-state index in [2.05, 4.69) is 15.2 Å². The number of ether oxygens (including phenoxy) is 1. The van der Waals surface area contributed by atoms with Gasteiger partial charge in [-0.2, -0.15) is 0 Å². The van der Waals surface area contributed by atoms with E-state index < -0.39 is 5.25 Å². The van der Waals surface area contributed by atoms with E-state index in [9.17, 15) is 4.79 Å². The number of rotatable bonds is 7. The van der Waals surface area contributed by atoms with Gasteiger partial charge in [0.15, 0.2) is 11.0 Å². The van der Waals surface area contributed by atoms with Gasteiger partial charge in [0.2, 0.25) is 5.91 Å². The van der Waals surface area contributed by atoms with Crippen LogP contribution in [0.4, 0.5) is 0 Å². The molecule has 2 heterocycles. The largest absolute Gasteiger partial charge is 0.497 e. The first kappa shape index (κ1) is 21.6. The summed E-state index contributed by atoms with van der Waals surface area (Å²) in [5, 5.41) is 9.09. The molecule has 0 aliphatic rings. The van der Waals surface area contributed by atoms with E-state index in [1.54, 1.807) is 38.5 Å². The fourth-order valence-corrected chi connectivity index (χ4v) is 4.43. The Labute approximate surface area is 191 Å². The number of nitrogens with zero attached hydrogens (tertiary/aromatic N) is 5. The molecule has 4 rings (SSSR count). The second-order valence-corrected chi connectivity index (χ2v) is 8.29. The number of hydrogen-bond acceptors (Lipinski definition) is 6. The monoisotopic (exact) mass is 445 g/mol. The van der Waals surface area contributed by atoms with Crippen LogP contribution in [-0.2, 0) is 4.79 Å². The average molecular weight is 446 g/mol. The van der Waals surface area contributed by atoms with Crippen molar-refractivity contribution in [3.05, 3.63) is 84.7 Å². The zero-order valence-corrected chi connectivity index (χ0v) is 18.9. The van der Waals surface area contributed by atoms with Gasteiger partial charge >= 0.3 is 0 Å². The third kappa shape index (κ3) is 4.50. The molecule has 0 radical (unpaired) electrons. The van der Waals surface area contributed by atoms with Crippen LogP contribution in [0, 0.1) is 0 Å². The maximum absolute atomic E-state index is 13.1. The molecule has 2 aromatic carbocycles. The van der Waals surface area contributed by atoms with Crippen molar-refractivity contribution in [2.45, 2.75) is 10.4 Å². The molecule has 1 amide bonds. The van der Waals surface area contributed by atoms with Gasteiger partial charge in [0, 0.05) is 37.7 Å². The topological polar surface area (TPSA) is 73.1 Å². The summed E-state index contributed by atoms with van der Waals surface area (Å²) in [5.74, 6) is 1.41. The lowest BCUT2D eigenvalue weighted by Crippen LogP contribution is -2.27. The van der Waals surface area contributed by atoms with Gasteiger partial charge in [-0.05, 0) is 42.0 Å². The minimum Gasteiger partial charge on any atom is -0.497 e. The number of pyridine rings is 1. The van der Waals surface area contributed by atoms with E-state index >= 15 is 0 Å². The summed E-state index contributed by atoms with van der Waals surface area (Å²) in [7, 11) is 5.15. The number of likely N-dealkylation sites (N-methyl/N-ethyl adjacent to an activating group) is 1. The van der Waals surface area contributed by atoms with Crippen molar-refractivity contribution in [2.24, 2.45) is 0 Å². The zero-order valence-electron chi connectivity index (χ0n) is 18.0. The van der Waals surface area contributed by atoms with Gasteiger partial charge in [-0.15, -0.1) is 10.2 Å². The van der Waals surface area contributed by atoms with Crippen LogP contribution in [0.25, 0.3) is 17.1 Å². The highest BCUT2D eigenvalue weighted by Crippen LogP contribution is 2.38. The maximum atomic E-state index is 13.1. The van der Waals surface area contributed by atoms with Crippen LogP contribution in [0.1, 0.15) is 10.8 Å². The second-order valence-electron chi connectivity index (χ2n) is 7.22. The molecular weight excluding hydrogens is 422 g/mol. The number of methoxy groups -OCH3 is 1. The van der Waals surface area contributed by atoms with Crippen LogP contribution in [-0.4, -0.2) is 51.8 Å². The van der Waals surface area contributed by atoms with Crippen LogP contribution in [0.5, 0.6) is 5.75 Å². The Hall–Kier alpha value is -3.65. The van der Waals surface area contributed by atoms with Gasteiger partial charge in [0.1, 0.15) is 11.0 Å². The standard InChI is InChI=1S/C24H23N5O2S/c1-28(2)23(30)21(17-7-5-4-6-8-17)32-24-27-26-22(18-13-15-25-16-14-18)29(24)19-9-11-20(31-3)12-10-19/h4-16,21H,1-3H3. The van der Waals surface area contributed by atoms with E-state index in [0.717, 1.165) is 22.6 Å². The first-order valence-electron chi connectivity index (χ1n) is 10.0. The average Bonchev–Trinajstić information content (AvgIpc) is 3.26. The van der Waals surface area contributed by atoms with Gasteiger partial charge in [-0.25, -0.2) is 0 Å². The first-order chi connectivity index (χ1) is 15.6. The predicted molar refractivity (Wildman–Crippen MR) is 125 cm³/mol. The lowest BCUT2D eigenvalue weighted by atomic mass is 10.1. The van der Waals surface area contributed by atoms with E-state index in [1.165, 1.54) is 11.8 Å². The highest BCUT2D eigenvalue weighted by Gasteiger charge is 2.27. The Morgan fingerprint density at radius 1 is 0.969 bits per heavy atom. The summed E-state index contributed by atoms with van der Waals surface area (Å²) in [5.41, 5.74) is 2.66. The Morgan fingerprint density at radius 2 is 1.66 bits per heavy atom. The number of aromatic nitrogens is 4. The Kier molecular flexibility index (Phi) is 6.51. The molecule has 0 aliphatic carbocycles. The quantitative estimate of drug-likeness (QED) is 0.396. The van der Waals surface area contributed by atoms with Gasteiger partial charge < -0.3 is 9.64 Å². The molecule has 0 saturated carbocycles. The molecule has 0 N–H and O–H groups in total. The second kappa shape index (κ2) is 9.65.